The van der Waals surface area contributed by atoms with Gasteiger partial charge in [-0.1, -0.05) is 41.4 Å². The Morgan fingerprint density at radius 1 is 1.33 bits per heavy atom. The topological polar surface area (TPSA) is 100 Å². The lowest BCUT2D eigenvalue weighted by molar-refractivity contribution is 0.0921. The van der Waals surface area contributed by atoms with Gasteiger partial charge in [-0.2, -0.15) is 0 Å². The fourth-order valence-electron chi connectivity index (χ4n) is 2.60. The van der Waals surface area contributed by atoms with Gasteiger partial charge in [0.25, 0.3) is 5.91 Å². The molecule has 1 atom stereocenters. The van der Waals surface area contributed by atoms with Crippen molar-refractivity contribution in [3.63, 3.8) is 0 Å². The number of aryl methyl sites for hydroxylation is 1. The number of aliphatic hydroxyl groups excluding tert-OH is 2. The normalized spacial score (nSPS) is 12.0. The van der Waals surface area contributed by atoms with Gasteiger partial charge < -0.3 is 20.1 Å². The molecular formula is C19H19ClN4O3. The Morgan fingerprint density at radius 2 is 2.15 bits per heavy atom. The summed E-state index contributed by atoms with van der Waals surface area (Å²) in [5.74, 6) is -0.0680. The van der Waals surface area contributed by atoms with Crippen LogP contribution < -0.4 is 5.32 Å². The SMILES string of the molecule is Cc1cccc(Cn2cnc(NC(=O)c3cnc(C(O)CO)cc3Cl)c2)c1. The Morgan fingerprint density at radius 3 is 2.85 bits per heavy atom. The van der Waals surface area contributed by atoms with Gasteiger partial charge in [0.05, 0.1) is 29.2 Å². The molecular weight excluding hydrogens is 368 g/mol. The highest BCUT2D eigenvalue weighted by Gasteiger charge is 2.16. The molecule has 2 heterocycles. The predicted octanol–water partition coefficient (Wildman–Crippen LogP) is 2.57. The summed E-state index contributed by atoms with van der Waals surface area (Å²) in [6, 6.07) is 9.50. The Hall–Kier alpha value is -2.74. The van der Waals surface area contributed by atoms with Gasteiger partial charge in [-0.25, -0.2) is 4.98 Å². The monoisotopic (exact) mass is 386 g/mol. The van der Waals surface area contributed by atoms with E-state index in [0.29, 0.717) is 12.4 Å². The molecule has 0 aliphatic heterocycles. The molecule has 0 bridgehead atoms. The van der Waals surface area contributed by atoms with Crippen LogP contribution in [0.4, 0.5) is 5.82 Å². The van der Waals surface area contributed by atoms with Gasteiger partial charge in [-0.3, -0.25) is 9.78 Å². The van der Waals surface area contributed by atoms with Gasteiger partial charge in [-0.05, 0) is 18.6 Å². The maximum atomic E-state index is 12.4. The molecule has 1 aromatic carbocycles. The first kappa shape index (κ1) is 19.0. The number of rotatable bonds is 6. The Bertz CT molecular complexity index is 958. The Kier molecular flexibility index (Phi) is 5.85. The van der Waals surface area contributed by atoms with Crippen molar-refractivity contribution in [2.75, 3.05) is 11.9 Å². The number of aliphatic hydroxyl groups is 2. The van der Waals surface area contributed by atoms with E-state index in [0.717, 1.165) is 5.56 Å². The van der Waals surface area contributed by atoms with Crippen molar-refractivity contribution in [3.8, 4) is 0 Å². The molecule has 0 aliphatic rings. The minimum Gasteiger partial charge on any atom is -0.393 e. The van der Waals surface area contributed by atoms with Gasteiger partial charge in [0.15, 0.2) is 5.82 Å². The molecule has 7 nitrogen and oxygen atoms in total. The molecule has 0 saturated carbocycles. The minimum atomic E-state index is -1.14. The number of aromatic nitrogens is 3. The van der Waals surface area contributed by atoms with E-state index in [-0.39, 0.29) is 16.3 Å². The lowest BCUT2D eigenvalue weighted by atomic mass is 10.1. The summed E-state index contributed by atoms with van der Waals surface area (Å²) < 4.78 is 1.87. The van der Waals surface area contributed by atoms with E-state index in [2.05, 4.69) is 21.4 Å². The van der Waals surface area contributed by atoms with Crippen LogP contribution in [0.3, 0.4) is 0 Å². The van der Waals surface area contributed by atoms with Gasteiger partial charge in [0.2, 0.25) is 0 Å². The molecule has 8 heteroatoms. The zero-order valence-electron chi connectivity index (χ0n) is 14.6. The quantitative estimate of drug-likeness (QED) is 0.604. The van der Waals surface area contributed by atoms with Crippen molar-refractivity contribution in [1.82, 2.24) is 14.5 Å². The van der Waals surface area contributed by atoms with Crippen molar-refractivity contribution in [1.29, 1.82) is 0 Å². The predicted molar refractivity (Wildman–Crippen MR) is 102 cm³/mol. The van der Waals surface area contributed by atoms with Crippen LogP contribution in [0, 0.1) is 6.92 Å². The third kappa shape index (κ3) is 4.71. The van der Waals surface area contributed by atoms with E-state index >= 15 is 0 Å². The van der Waals surface area contributed by atoms with Crippen LogP contribution in [-0.2, 0) is 6.54 Å². The molecule has 3 aromatic rings. The number of pyridine rings is 1. The van der Waals surface area contributed by atoms with Crippen LogP contribution in [0.5, 0.6) is 0 Å². The molecule has 3 rings (SSSR count). The number of carbonyl (C=O) groups excluding carboxylic acids is 1. The number of imidazole rings is 1. The van der Waals surface area contributed by atoms with Crippen LogP contribution in [0.25, 0.3) is 0 Å². The lowest BCUT2D eigenvalue weighted by Crippen LogP contribution is -2.14. The number of benzene rings is 1. The van der Waals surface area contributed by atoms with Crippen molar-refractivity contribution >= 4 is 23.3 Å². The van der Waals surface area contributed by atoms with E-state index in [9.17, 15) is 9.90 Å². The second kappa shape index (κ2) is 8.30. The second-order valence-electron chi connectivity index (χ2n) is 6.16. The summed E-state index contributed by atoms with van der Waals surface area (Å²) in [7, 11) is 0. The molecule has 0 aliphatic carbocycles. The molecule has 140 valence electrons. The number of hydrogen-bond donors (Lipinski definition) is 3. The third-order valence-electron chi connectivity index (χ3n) is 3.96. The first-order valence-corrected chi connectivity index (χ1v) is 8.67. The summed E-state index contributed by atoms with van der Waals surface area (Å²) in [5, 5.41) is 21.3. The second-order valence-corrected chi connectivity index (χ2v) is 6.57. The molecule has 0 radical (unpaired) electrons. The minimum absolute atomic E-state index is 0.129. The van der Waals surface area contributed by atoms with E-state index < -0.39 is 18.6 Å². The van der Waals surface area contributed by atoms with Crippen LogP contribution >= 0.6 is 11.6 Å². The molecule has 0 saturated heterocycles. The smallest absolute Gasteiger partial charge is 0.259 e. The summed E-state index contributed by atoms with van der Waals surface area (Å²) in [4.78, 5) is 20.5. The first-order chi connectivity index (χ1) is 13.0. The summed E-state index contributed by atoms with van der Waals surface area (Å²) in [6.07, 6.45) is 3.48. The van der Waals surface area contributed by atoms with E-state index in [1.165, 1.54) is 17.8 Å². The van der Waals surface area contributed by atoms with Gasteiger partial charge in [0.1, 0.15) is 6.10 Å². The first-order valence-electron chi connectivity index (χ1n) is 8.29. The maximum absolute atomic E-state index is 12.4. The molecule has 1 unspecified atom stereocenters. The standard InChI is InChI=1S/C19H19ClN4O3/c1-12-3-2-4-13(5-12)8-24-9-18(22-11-24)23-19(27)14-7-21-16(6-15(14)20)17(26)10-25/h2-7,9,11,17,25-26H,8,10H2,1H3,(H,23,27). The van der Waals surface area contributed by atoms with Crippen molar-refractivity contribution in [3.05, 3.63) is 76.5 Å². The van der Waals surface area contributed by atoms with Crippen molar-refractivity contribution in [2.45, 2.75) is 19.6 Å². The highest BCUT2D eigenvalue weighted by molar-refractivity contribution is 6.34. The van der Waals surface area contributed by atoms with Crippen LogP contribution in [0.1, 0.15) is 33.3 Å². The highest BCUT2D eigenvalue weighted by atomic mass is 35.5. The molecule has 1 amide bonds. The summed E-state index contributed by atoms with van der Waals surface area (Å²) in [5.41, 5.74) is 2.66. The van der Waals surface area contributed by atoms with Gasteiger partial charge in [0, 0.05) is 18.9 Å². The van der Waals surface area contributed by atoms with Crippen molar-refractivity contribution in [2.24, 2.45) is 0 Å². The number of anilines is 1. The number of nitrogens with one attached hydrogen (secondary N) is 1. The fraction of sp³-hybridized carbons (Fsp3) is 0.211. The molecule has 0 spiro atoms. The summed E-state index contributed by atoms with van der Waals surface area (Å²) >= 11 is 6.10. The zero-order chi connectivity index (χ0) is 19.4. The van der Waals surface area contributed by atoms with Crippen LogP contribution in [-0.4, -0.2) is 37.3 Å². The van der Waals surface area contributed by atoms with Gasteiger partial charge in [-0.15, -0.1) is 0 Å². The zero-order valence-corrected chi connectivity index (χ0v) is 15.4. The number of halogens is 1. The maximum Gasteiger partial charge on any atom is 0.259 e. The molecule has 0 fully saturated rings. The number of amides is 1. The van der Waals surface area contributed by atoms with Crippen LogP contribution in [0.2, 0.25) is 5.02 Å². The average molecular weight is 387 g/mol. The molecule has 27 heavy (non-hydrogen) atoms. The van der Waals surface area contributed by atoms with E-state index in [1.54, 1.807) is 12.5 Å². The molecule has 2 aromatic heterocycles. The van der Waals surface area contributed by atoms with Gasteiger partial charge >= 0.3 is 0 Å². The van der Waals surface area contributed by atoms with Crippen molar-refractivity contribution < 1.29 is 15.0 Å². The number of carbonyl (C=O) groups is 1. The number of nitrogens with zero attached hydrogens (tertiary/aromatic N) is 3. The Labute approximate surface area is 161 Å². The average Bonchev–Trinajstić information content (AvgIpc) is 3.07. The third-order valence-corrected chi connectivity index (χ3v) is 4.27. The molecule has 3 N–H and O–H groups in total. The number of hydrogen-bond acceptors (Lipinski definition) is 5. The van der Waals surface area contributed by atoms with E-state index in [4.69, 9.17) is 16.7 Å². The summed E-state index contributed by atoms with van der Waals surface area (Å²) in [6.45, 7) is 2.19. The Balaban J connectivity index is 1.69. The van der Waals surface area contributed by atoms with E-state index in [1.807, 2.05) is 29.7 Å². The van der Waals surface area contributed by atoms with Crippen LogP contribution in [0.15, 0.2) is 49.1 Å². The largest absolute Gasteiger partial charge is 0.393 e. The highest BCUT2D eigenvalue weighted by Crippen LogP contribution is 2.20. The fourth-order valence-corrected chi connectivity index (χ4v) is 2.85. The lowest BCUT2D eigenvalue weighted by Gasteiger charge is -2.09.